The Hall–Kier alpha value is -1.73. The van der Waals surface area contributed by atoms with Crippen molar-refractivity contribution in [2.75, 3.05) is 31.2 Å². The summed E-state index contributed by atoms with van der Waals surface area (Å²) in [5.41, 5.74) is 1.16. The van der Waals surface area contributed by atoms with Gasteiger partial charge in [0.2, 0.25) is 10.0 Å². The van der Waals surface area contributed by atoms with Gasteiger partial charge in [-0.2, -0.15) is 0 Å². The first-order chi connectivity index (χ1) is 9.95. The van der Waals surface area contributed by atoms with Crippen molar-refractivity contribution in [3.05, 3.63) is 36.3 Å². The number of nitrogens with one attached hydrogen (secondary N) is 1. The highest BCUT2D eigenvalue weighted by Crippen LogP contribution is 2.25. The molecule has 0 spiro atoms. The Labute approximate surface area is 122 Å². The molecule has 0 aliphatic carbocycles. The first-order valence-electron chi connectivity index (χ1n) is 6.67. The van der Waals surface area contributed by atoms with Crippen molar-refractivity contribution in [2.45, 2.75) is 0 Å². The van der Waals surface area contributed by atoms with Crippen LogP contribution >= 0.6 is 0 Å². The van der Waals surface area contributed by atoms with E-state index in [-0.39, 0.29) is 11.7 Å². The zero-order chi connectivity index (χ0) is 15.0. The molecule has 0 unspecified atom stereocenters. The van der Waals surface area contributed by atoms with Crippen LogP contribution in [0.25, 0.3) is 10.9 Å². The number of pyridine rings is 1. The lowest BCUT2D eigenvalue weighted by atomic mass is 10.0. The standard InChI is InChI=1S/C14H16FN3O2S/c1-21(19,20)18-8-10(9-18)7-17-13-5-6-16-14-11(13)3-2-4-12(14)15/h2-6,10H,7-9H2,1H3,(H,16,17). The third kappa shape index (κ3) is 2.84. The van der Waals surface area contributed by atoms with Crippen LogP contribution in [0.5, 0.6) is 0 Å². The molecule has 2 aromatic rings. The van der Waals surface area contributed by atoms with Gasteiger partial charge < -0.3 is 5.32 Å². The fourth-order valence-electron chi connectivity index (χ4n) is 2.47. The molecular formula is C14H16FN3O2S. The molecule has 2 heterocycles. The first-order valence-corrected chi connectivity index (χ1v) is 8.52. The maximum Gasteiger partial charge on any atom is 0.211 e. The smallest absolute Gasteiger partial charge is 0.211 e. The van der Waals surface area contributed by atoms with Gasteiger partial charge in [-0.15, -0.1) is 0 Å². The van der Waals surface area contributed by atoms with Crippen LogP contribution in [0.3, 0.4) is 0 Å². The van der Waals surface area contributed by atoms with E-state index in [2.05, 4.69) is 10.3 Å². The molecular weight excluding hydrogens is 293 g/mol. The molecule has 0 bridgehead atoms. The van der Waals surface area contributed by atoms with Crippen molar-refractivity contribution in [3.63, 3.8) is 0 Å². The number of benzene rings is 1. The summed E-state index contributed by atoms with van der Waals surface area (Å²) in [5.74, 6) is -0.0699. The van der Waals surface area contributed by atoms with Crippen molar-refractivity contribution in [2.24, 2.45) is 5.92 Å². The second kappa shape index (κ2) is 5.23. The maximum atomic E-state index is 13.7. The fraction of sp³-hybridized carbons (Fsp3) is 0.357. The van der Waals surface area contributed by atoms with Gasteiger partial charge in [0.25, 0.3) is 0 Å². The van der Waals surface area contributed by atoms with E-state index in [1.807, 2.05) is 6.07 Å². The molecule has 0 saturated carbocycles. The summed E-state index contributed by atoms with van der Waals surface area (Å²) in [7, 11) is -3.08. The Morgan fingerprint density at radius 3 is 2.86 bits per heavy atom. The molecule has 1 aromatic heterocycles. The van der Waals surface area contributed by atoms with Crippen molar-refractivity contribution >= 4 is 26.6 Å². The van der Waals surface area contributed by atoms with E-state index >= 15 is 0 Å². The molecule has 1 N–H and O–H groups in total. The molecule has 1 fully saturated rings. The minimum atomic E-state index is -3.08. The summed E-state index contributed by atoms with van der Waals surface area (Å²) in [6.45, 7) is 1.72. The Morgan fingerprint density at radius 2 is 2.14 bits per heavy atom. The molecule has 1 saturated heterocycles. The SMILES string of the molecule is CS(=O)(=O)N1CC(CNc2ccnc3c(F)cccc23)C1. The number of sulfonamides is 1. The Kier molecular flexibility index (Phi) is 3.54. The van der Waals surface area contributed by atoms with E-state index in [9.17, 15) is 12.8 Å². The third-order valence-corrected chi connectivity index (χ3v) is 4.93. The van der Waals surface area contributed by atoms with Crippen molar-refractivity contribution < 1.29 is 12.8 Å². The summed E-state index contributed by atoms with van der Waals surface area (Å²) >= 11 is 0. The number of halogens is 1. The highest BCUT2D eigenvalue weighted by Gasteiger charge is 2.32. The van der Waals surface area contributed by atoms with Gasteiger partial charge in [0, 0.05) is 42.8 Å². The predicted molar refractivity (Wildman–Crippen MR) is 80.1 cm³/mol. The maximum absolute atomic E-state index is 13.7. The van der Waals surface area contributed by atoms with Gasteiger partial charge in [-0.05, 0) is 12.1 Å². The summed E-state index contributed by atoms with van der Waals surface area (Å²) in [4.78, 5) is 4.04. The van der Waals surface area contributed by atoms with Gasteiger partial charge >= 0.3 is 0 Å². The minimum absolute atomic E-state index is 0.275. The molecule has 0 amide bonds. The number of fused-ring (bicyclic) bond motifs is 1. The lowest BCUT2D eigenvalue weighted by Gasteiger charge is -2.37. The summed E-state index contributed by atoms with van der Waals surface area (Å²) in [6.07, 6.45) is 2.78. The fourth-order valence-corrected chi connectivity index (χ4v) is 3.43. The van der Waals surface area contributed by atoms with Gasteiger partial charge in [0.15, 0.2) is 0 Å². The highest BCUT2D eigenvalue weighted by molar-refractivity contribution is 7.88. The van der Waals surface area contributed by atoms with Gasteiger partial charge in [-0.25, -0.2) is 17.1 Å². The van der Waals surface area contributed by atoms with Gasteiger partial charge in [0.05, 0.1) is 6.26 Å². The molecule has 3 rings (SSSR count). The van der Waals surface area contributed by atoms with E-state index in [1.54, 1.807) is 18.3 Å². The van der Waals surface area contributed by atoms with Crippen LogP contribution in [0.4, 0.5) is 10.1 Å². The minimum Gasteiger partial charge on any atom is -0.384 e. The number of para-hydroxylation sites is 1. The van der Waals surface area contributed by atoms with Crippen molar-refractivity contribution in [1.29, 1.82) is 0 Å². The van der Waals surface area contributed by atoms with Gasteiger partial charge in [0.1, 0.15) is 11.3 Å². The van der Waals surface area contributed by atoms with Crippen LogP contribution < -0.4 is 5.32 Å². The molecule has 0 radical (unpaired) electrons. The summed E-state index contributed by atoms with van der Waals surface area (Å²) in [6, 6.07) is 6.65. The summed E-state index contributed by atoms with van der Waals surface area (Å²) < 4.78 is 37.7. The topological polar surface area (TPSA) is 62.3 Å². The Morgan fingerprint density at radius 1 is 1.38 bits per heavy atom. The van der Waals surface area contributed by atoms with Crippen LogP contribution in [0.15, 0.2) is 30.5 Å². The molecule has 5 nitrogen and oxygen atoms in total. The van der Waals surface area contributed by atoms with E-state index in [4.69, 9.17) is 0 Å². The van der Waals surface area contributed by atoms with Crippen LogP contribution in [0, 0.1) is 11.7 Å². The first kappa shape index (κ1) is 14.2. The monoisotopic (exact) mass is 309 g/mol. The number of aromatic nitrogens is 1. The third-order valence-electron chi connectivity index (χ3n) is 3.70. The highest BCUT2D eigenvalue weighted by atomic mass is 32.2. The molecule has 7 heteroatoms. The Balaban J connectivity index is 1.69. The van der Waals surface area contributed by atoms with E-state index < -0.39 is 10.0 Å². The Bertz CT molecular complexity index is 773. The van der Waals surface area contributed by atoms with Crippen LogP contribution in [0.2, 0.25) is 0 Å². The molecule has 112 valence electrons. The molecule has 0 atom stereocenters. The van der Waals surface area contributed by atoms with Crippen LogP contribution in [-0.2, 0) is 10.0 Å². The largest absolute Gasteiger partial charge is 0.384 e. The van der Waals surface area contributed by atoms with Crippen LogP contribution in [-0.4, -0.2) is 43.6 Å². The number of hydrogen-bond donors (Lipinski definition) is 1. The summed E-state index contributed by atoms with van der Waals surface area (Å²) in [5, 5.41) is 3.99. The number of nitrogens with zero attached hydrogens (tertiary/aromatic N) is 2. The second-order valence-electron chi connectivity index (χ2n) is 5.32. The molecule has 1 aliphatic rings. The lowest BCUT2D eigenvalue weighted by molar-refractivity contribution is 0.213. The van der Waals surface area contributed by atoms with Crippen LogP contribution in [0.1, 0.15) is 0 Å². The van der Waals surface area contributed by atoms with Gasteiger partial charge in [-0.1, -0.05) is 12.1 Å². The van der Waals surface area contributed by atoms with Crippen molar-refractivity contribution in [1.82, 2.24) is 9.29 Å². The number of hydrogen-bond acceptors (Lipinski definition) is 4. The number of anilines is 1. The van der Waals surface area contributed by atoms with E-state index in [1.165, 1.54) is 16.6 Å². The average Bonchev–Trinajstić information content (AvgIpc) is 2.36. The quantitative estimate of drug-likeness (QED) is 0.933. The van der Waals surface area contributed by atoms with Gasteiger partial charge in [-0.3, -0.25) is 4.98 Å². The molecule has 21 heavy (non-hydrogen) atoms. The average molecular weight is 309 g/mol. The second-order valence-corrected chi connectivity index (χ2v) is 7.30. The normalized spacial score (nSPS) is 16.9. The number of rotatable bonds is 4. The molecule has 1 aliphatic heterocycles. The van der Waals surface area contributed by atoms with E-state index in [0.29, 0.717) is 25.2 Å². The zero-order valence-corrected chi connectivity index (χ0v) is 12.4. The zero-order valence-electron chi connectivity index (χ0n) is 11.6. The van der Waals surface area contributed by atoms with Crippen molar-refractivity contribution in [3.8, 4) is 0 Å². The molecule has 1 aromatic carbocycles. The van der Waals surface area contributed by atoms with E-state index in [0.717, 1.165) is 11.1 Å². The lowest BCUT2D eigenvalue weighted by Crippen LogP contribution is -2.51. The predicted octanol–water partition coefficient (Wildman–Crippen LogP) is 1.68.